The molecule has 1 saturated carbocycles. The number of rotatable bonds is 4. The Bertz CT molecular complexity index is 946. The van der Waals surface area contributed by atoms with Gasteiger partial charge in [0, 0.05) is 31.3 Å². The van der Waals surface area contributed by atoms with E-state index in [4.69, 9.17) is 4.74 Å². The second kappa shape index (κ2) is 7.13. The predicted octanol–water partition coefficient (Wildman–Crippen LogP) is 1.84. The molecule has 2 aromatic heterocycles. The van der Waals surface area contributed by atoms with Gasteiger partial charge in [0.15, 0.2) is 0 Å². The minimum atomic E-state index is -0.428. The number of ether oxygens (including phenoxy) is 1. The Balaban J connectivity index is 1.41. The number of likely N-dealkylation sites (tertiary alicyclic amines) is 1. The van der Waals surface area contributed by atoms with Crippen LogP contribution in [-0.4, -0.2) is 38.7 Å². The average molecular weight is 369 g/mol. The molecule has 142 valence electrons. The van der Waals surface area contributed by atoms with Crippen LogP contribution in [0.5, 0.6) is 0 Å². The Hall–Kier alpha value is -2.70. The minimum absolute atomic E-state index is 0.0429. The number of pyridine rings is 1. The van der Waals surface area contributed by atoms with E-state index in [1.807, 2.05) is 17.9 Å². The number of nitrogens with zero attached hydrogens (tertiary/aromatic N) is 3. The Morgan fingerprint density at radius 3 is 2.81 bits per heavy atom. The highest BCUT2D eigenvalue weighted by Crippen LogP contribution is 2.30. The average Bonchev–Trinajstić information content (AvgIpc) is 3.29. The number of carbonyl (C=O) groups is 2. The summed E-state index contributed by atoms with van der Waals surface area (Å²) in [6, 6.07) is 5.29. The van der Waals surface area contributed by atoms with Gasteiger partial charge >= 0.3 is 5.97 Å². The van der Waals surface area contributed by atoms with E-state index in [9.17, 15) is 14.4 Å². The summed E-state index contributed by atoms with van der Waals surface area (Å²) >= 11 is 0. The van der Waals surface area contributed by atoms with Crippen LogP contribution in [0.2, 0.25) is 0 Å². The van der Waals surface area contributed by atoms with Crippen LogP contribution >= 0.6 is 0 Å². The molecule has 0 unspecified atom stereocenters. The maximum atomic E-state index is 12.4. The second-order valence-electron chi connectivity index (χ2n) is 7.51. The third-order valence-corrected chi connectivity index (χ3v) is 5.48. The summed E-state index contributed by atoms with van der Waals surface area (Å²) in [6.07, 6.45) is 6.28. The fraction of sp³-hybridized carbons (Fsp3) is 0.500. The third kappa shape index (κ3) is 3.59. The van der Waals surface area contributed by atoms with Crippen LogP contribution in [0, 0.1) is 12.8 Å². The van der Waals surface area contributed by atoms with Gasteiger partial charge in [-0.1, -0.05) is 18.9 Å². The molecule has 2 aliphatic rings. The number of carbonyl (C=O) groups excluding carboxylic acids is 2. The van der Waals surface area contributed by atoms with Gasteiger partial charge in [-0.2, -0.15) is 0 Å². The maximum absolute atomic E-state index is 12.4. The lowest BCUT2D eigenvalue weighted by Gasteiger charge is -2.23. The summed E-state index contributed by atoms with van der Waals surface area (Å²) in [6.45, 7) is 2.28. The summed E-state index contributed by atoms with van der Waals surface area (Å²) in [5.41, 5.74) is 1.68. The van der Waals surface area contributed by atoms with Crippen LogP contribution in [0.3, 0.4) is 0 Å². The number of fused-ring (bicyclic) bond motifs is 1. The van der Waals surface area contributed by atoms with E-state index in [1.54, 1.807) is 12.3 Å². The molecule has 0 aromatic carbocycles. The van der Waals surface area contributed by atoms with Crippen LogP contribution < -0.4 is 5.56 Å². The summed E-state index contributed by atoms with van der Waals surface area (Å²) in [5.74, 6) is -0.779. The summed E-state index contributed by atoms with van der Waals surface area (Å²) in [5, 5.41) is 0. The van der Waals surface area contributed by atoms with Crippen molar-refractivity contribution in [1.29, 1.82) is 0 Å². The van der Waals surface area contributed by atoms with Gasteiger partial charge in [0.25, 0.3) is 5.56 Å². The zero-order chi connectivity index (χ0) is 19.0. The number of esters is 1. The molecule has 3 heterocycles. The quantitative estimate of drug-likeness (QED) is 0.768. The van der Waals surface area contributed by atoms with Gasteiger partial charge in [0.1, 0.15) is 12.3 Å². The summed E-state index contributed by atoms with van der Waals surface area (Å²) in [4.78, 5) is 43.1. The van der Waals surface area contributed by atoms with Crippen molar-refractivity contribution < 1.29 is 14.3 Å². The fourth-order valence-corrected chi connectivity index (χ4v) is 4.05. The summed E-state index contributed by atoms with van der Waals surface area (Å²) in [7, 11) is 0. The topological polar surface area (TPSA) is 81.0 Å². The lowest BCUT2D eigenvalue weighted by atomic mass is 10.1. The van der Waals surface area contributed by atoms with Gasteiger partial charge in [0.05, 0.1) is 11.6 Å². The summed E-state index contributed by atoms with van der Waals surface area (Å²) < 4.78 is 6.84. The van der Waals surface area contributed by atoms with Crippen LogP contribution in [0.25, 0.3) is 5.65 Å². The van der Waals surface area contributed by atoms with Crippen LogP contribution in [0.1, 0.15) is 43.4 Å². The zero-order valence-electron chi connectivity index (χ0n) is 15.4. The smallest absolute Gasteiger partial charge is 0.311 e. The SMILES string of the molecule is Cc1ccc2nc(COC(=O)[C@H]3CC(=O)N(C4CCCC4)C3)cc(=O)n2c1. The molecular weight excluding hydrogens is 346 g/mol. The van der Waals surface area contributed by atoms with Gasteiger partial charge in [-0.3, -0.25) is 18.8 Å². The molecule has 27 heavy (non-hydrogen) atoms. The Morgan fingerprint density at radius 1 is 1.26 bits per heavy atom. The molecule has 2 aromatic rings. The van der Waals surface area contributed by atoms with Crippen molar-refractivity contribution in [3.05, 3.63) is 46.0 Å². The predicted molar refractivity (Wildman–Crippen MR) is 98.1 cm³/mol. The molecule has 1 saturated heterocycles. The van der Waals surface area contributed by atoms with Crippen molar-refractivity contribution in [2.75, 3.05) is 6.54 Å². The van der Waals surface area contributed by atoms with Crippen molar-refractivity contribution in [3.8, 4) is 0 Å². The molecule has 2 fully saturated rings. The fourth-order valence-electron chi connectivity index (χ4n) is 4.05. The number of hydrogen-bond acceptors (Lipinski definition) is 5. The second-order valence-corrected chi connectivity index (χ2v) is 7.51. The van der Waals surface area contributed by atoms with Gasteiger partial charge in [-0.15, -0.1) is 0 Å². The molecule has 0 bridgehead atoms. The standard InChI is InChI=1S/C20H23N3O4/c1-13-6-7-17-21-15(9-19(25)23(17)10-13)12-27-20(26)14-8-18(24)22(11-14)16-4-2-3-5-16/h6-7,9-10,14,16H,2-5,8,11-12H2,1H3/t14-/m0/s1. The van der Waals surface area contributed by atoms with Crippen LogP contribution in [0.4, 0.5) is 0 Å². The van der Waals surface area contributed by atoms with Crippen molar-refractivity contribution in [2.45, 2.75) is 51.7 Å². The van der Waals surface area contributed by atoms with E-state index in [-0.39, 0.29) is 30.5 Å². The number of aromatic nitrogens is 2. The van der Waals surface area contributed by atoms with E-state index >= 15 is 0 Å². The van der Waals surface area contributed by atoms with Crippen molar-refractivity contribution in [2.24, 2.45) is 5.92 Å². The third-order valence-electron chi connectivity index (χ3n) is 5.48. The molecule has 1 aliphatic heterocycles. The molecule has 4 rings (SSSR count). The van der Waals surface area contributed by atoms with Gasteiger partial charge in [0.2, 0.25) is 5.91 Å². The van der Waals surface area contributed by atoms with Crippen molar-refractivity contribution in [3.63, 3.8) is 0 Å². The Morgan fingerprint density at radius 2 is 2.04 bits per heavy atom. The molecule has 0 spiro atoms. The molecule has 1 atom stereocenters. The molecule has 7 nitrogen and oxygen atoms in total. The maximum Gasteiger partial charge on any atom is 0.311 e. The first-order chi connectivity index (χ1) is 13.0. The van der Waals surface area contributed by atoms with Crippen molar-refractivity contribution >= 4 is 17.5 Å². The normalized spacial score (nSPS) is 20.6. The monoisotopic (exact) mass is 369 g/mol. The Kier molecular flexibility index (Phi) is 4.68. The first-order valence-electron chi connectivity index (χ1n) is 9.46. The molecule has 1 aliphatic carbocycles. The number of aryl methyl sites for hydroxylation is 1. The van der Waals surface area contributed by atoms with Gasteiger partial charge < -0.3 is 9.64 Å². The highest BCUT2D eigenvalue weighted by Gasteiger charge is 2.39. The highest BCUT2D eigenvalue weighted by atomic mass is 16.5. The molecule has 1 amide bonds. The number of hydrogen-bond donors (Lipinski definition) is 0. The van der Waals surface area contributed by atoms with E-state index in [0.29, 0.717) is 17.9 Å². The zero-order valence-corrected chi connectivity index (χ0v) is 15.4. The van der Waals surface area contributed by atoms with Crippen molar-refractivity contribution in [1.82, 2.24) is 14.3 Å². The molecule has 0 radical (unpaired) electrons. The molecule has 0 N–H and O–H groups in total. The highest BCUT2D eigenvalue weighted by molar-refractivity contribution is 5.87. The largest absolute Gasteiger partial charge is 0.459 e. The van der Waals surface area contributed by atoms with E-state index < -0.39 is 11.9 Å². The lowest BCUT2D eigenvalue weighted by molar-refractivity contribution is -0.149. The lowest BCUT2D eigenvalue weighted by Crippen LogP contribution is -2.35. The van der Waals surface area contributed by atoms with E-state index in [2.05, 4.69) is 4.98 Å². The van der Waals surface area contributed by atoms with Crippen LogP contribution in [0.15, 0.2) is 29.2 Å². The minimum Gasteiger partial charge on any atom is -0.459 e. The Labute approximate surface area is 157 Å². The van der Waals surface area contributed by atoms with E-state index in [1.165, 1.54) is 10.5 Å². The van der Waals surface area contributed by atoms with Gasteiger partial charge in [-0.05, 0) is 31.4 Å². The van der Waals surface area contributed by atoms with Gasteiger partial charge in [-0.25, -0.2) is 4.98 Å². The van der Waals surface area contributed by atoms with Crippen LogP contribution in [-0.2, 0) is 20.9 Å². The molecular formula is C20H23N3O4. The van der Waals surface area contributed by atoms with E-state index in [0.717, 1.165) is 31.2 Å². The number of amides is 1. The first-order valence-corrected chi connectivity index (χ1v) is 9.46. The molecule has 7 heteroatoms. The first kappa shape index (κ1) is 17.7.